The minimum Gasteiger partial charge on any atom is -0.465 e. The molecule has 0 radical (unpaired) electrons. The highest BCUT2D eigenvalue weighted by Crippen LogP contribution is 2.29. The molecule has 0 aliphatic carbocycles. The Kier molecular flexibility index (Phi) is 6.27. The van der Waals surface area contributed by atoms with E-state index in [0.29, 0.717) is 22.0 Å². The Morgan fingerprint density at radius 1 is 1.08 bits per heavy atom. The highest BCUT2D eigenvalue weighted by atomic mass is 35.5. The van der Waals surface area contributed by atoms with Crippen molar-refractivity contribution < 1.29 is 19.1 Å². The fraction of sp³-hybridized carbons (Fsp3) is 0.300. The second-order valence-corrected chi connectivity index (χ2v) is 7.15. The third kappa shape index (κ3) is 5.49. The monoisotopic (exact) mass is 375 g/mol. The van der Waals surface area contributed by atoms with E-state index in [4.69, 9.17) is 21.1 Å². The van der Waals surface area contributed by atoms with Gasteiger partial charge in [0.05, 0.1) is 35.5 Å². The fourth-order valence-corrected chi connectivity index (χ4v) is 2.51. The zero-order valence-electron chi connectivity index (χ0n) is 15.3. The Morgan fingerprint density at radius 2 is 1.77 bits per heavy atom. The van der Waals surface area contributed by atoms with Gasteiger partial charge in [0.25, 0.3) is 0 Å². The van der Waals surface area contributed by atoms with Crippen molar-refractivity contribution in [2.75, 3.05) is 12.4 Å². The van der Waals surface area contributed by atoms with E-state index in [2.05, 4.69) is 5.32 Å². The molecule has 1 N–H and O–H groups in total. The minimum absolute atomic E-state index is 0.127. The molecule has 0 saturated heterocycles. The Labute approximate surface area is 158 Å². The van der Waals surface area contributed by atoms with Gasteiger partial charge in [-0.15, -0.1) is 0 Å². The van der Waals surface area contributed by atoms with Crippen LogP contribution in [-0.4, -0.2) is 24.6 Å². The summed E-state index contributed by atoms with van der Waals surface area (Å²) in [6.45, 7) is 5.47. The molecule has 0 atom stereocenters. The van der Waals surface area contributed by atoms with Crippen LogP contribution >= 0.6 is 11.6 Å². The number of anilines is 2. The maximum absolute atomic E-state index is 12.0. The number of carbonyl (C=O) groups is 2. The summed E-state index contributed by atoms with van der Waals surface area (Å²) in [5.41, 5.74) is 1.76. The van der Waals surface area contributed by atoms with E-state index in [0.717, 1.165) is 5.56 Å². The lowest BCUT2D eigenvalue weighted by Gasteiger charge is -2.19. The van der Waals surface area contributed by atoms with Gasteiger partial charge in [0.2, 0.25) is 0 Å². The number of benzene rings is 2. The molecule has 2 rings (SSSR count). The van der Waals surface area contributed by atoms with E-state index >= 15 is 0 Å². The molecule has 0 heterocycles. The predicted molar refractivity (Wildman–Crippen MR) is 102 cm³/mol. The SMILES string of the molecule is COC(=O)c1ccccc1Nc1cc(CC(=O)OC(C)(C)C)ccc1Cl. The topological polar surface area (TPSA) is 64.6 Å². The van der Waals surface area contributed by atoms with E-state index in [1.807, 2.05) is 20.8 Å². The summed E-state index contributed by atoms with van der Waals surface area (Å²) in [7, 11) is 1.33. The summed E-state index contributed by atoms with van der Waals surface area (Å²) in [5, 5.41) is 3.60. The van der Waals surface area contributed by atoms with Crippen LogP contribution in [0.5, 0.6) is 0 Å². The molecule has 2 aromatic carbocycles. The second-order valence-electron chi connectivity index (χ2n) is 6.74. The van der Waals surface area contributed by atoms with Gasteiger partial charge < -0.3 is 14.8 Å². The number of esters is 2. The number of nitrogens with one attached hydrogen (secondary N) is 1. The summed E-state index contributed by atoms with van der Waals surface area (Å²) in [4.78, 5) is 23.9. The van der Waals surface area contributed by atoms with Gasteiger partial charge in [0.1, 0.15) is 5.60 Å². The van der Waals surface area contributed by atoms with Crippen LogP contribution in [0.1, 0.15) is 36.7 Å². The molecule has 0 saturated carbocycles. The Morgan fingerprint density at radius 3 is 2.42 bits per heavy atom. The molecule has 0 aliphatic rings. The zero-order valence-corrected chi connectivity index (χ0v) is 16.0. The van der Waals surface area contributed by atoms with Crippen molar-refractivity contribution in [3.05, 3.63) is 58.6 Å². The average Bonchev–Trinajstić information content (AvgIpc) is 2.56. The largest absolute Gasteiger partial charge is 0.465 e. The molecule has 0 amide bonds. The summed E-state index contributed by atoms with van der Waals surface area (Å²) < 4.78 is 10.1. The lowest BCUT2D eigenvalue weighted by molar-refractivity contribution is -0.153. The molecular formula is C20H22ClNO4. The lowest BCUT2D eigenvalue weighted by atomic mass is 10.1. The second kappa shape index (κ2) is 8.23. The maximum atomic E-state index is 12.0. The Hall–Kier alpha value is -2.53. The molecule has 0 fully saturated rings. The number of hydrogen-bond acceptors (Lipinski definition) is 5. The third-order valence-electron chi connectivity index (χ3n) is 3.40. The molecule has 6 heteroatoms. The Bertz CT molecular complexity index is 812. The van der Waals surface area contributed by atoms with Crippen molar-refractivity contribution in [1.29, 1.82) is 0 Å². The van der Waals surface area contributed by atoms with Crippen molar-refractivity contribution in [3.8, 4) is 0 Å². The number of ether oxygens (including phenoxy) is 2. The van der Waals surface area contributed by atoms with Crippen molar-refractivity contribution >= 4 is 34.9 Å². The van der Waals surface area contributed by atoms with Crippen molar-refractivity contribution in [3.63, 3.8) is 0 Å². The summed E-state index contributed by atoms with van der Waals surface area (Å²) >= 11 is 6.26. The van der Waals surface area contributed by atoms with Gasteiger partial charge in [-0.25, -0.2) is 4.79 Å². The van der Waals surface area contributed by atoms with E-state index in [-0.39, 0.29) is 12.4 Å². The van der Waals surface area contributed by atoms with Gasteiger partial charge in [-0.2, -0.15) is 0 Å². The predicted octanol–water partition coefficient (Wildman–Crippen LogP) is 4.75. The normalized spacial score (nSPS) is 11.0. The van der Waals surface area contributed by atoms with E-state index in [9.17, 15) is 9.59 Å². The van der Waals surface area contributed by atoms with Crippen LogP contribution in [0.3, 0.4) is 0 Å². The van der Waals surface area contributed by atoms with Gasteiger partial charge in [0.15, 0.2) is 0 Å². The first-order valence-electron chi connectivity index (χ1n) is 8.14. The third-order valence-corrected chi connectivity index (χ3v) is 3.73. The number of carbonyl (C=O) groups excluding carboxylic acids is 2. The van der Waals surface area contributed by atoms with Gasteiger partial charge >= 0.3 is 11.9 Å². The molecule has 2 aromatic rings. The van der Waals surface area contributed by atoms with Crippen LogP contribution < -0.4 is 5.32 Å². The molecule has 0 unspecified atom stereocenters. The van der Waals surface area contributed by atoms with Crippen LogP contribution in [0.25, 0.3) is 0 Å². The van der Waals surface area contributed by atoms with Crippen LogP contribution in [0.15, 0.2) is 42.5 Å². The van der Waals surface area contributed by atoms with Gasteiger partial charge in [-0.1, -0.05) is 29.8 Å². The zero-order chi connectivity index (χ0) is 19.3. The number of hydrogen-bond donors (Lipinski definition) is 1. The molecule has 5 nitrogen and oxygen atoms in total. The number of para-hydroxylation sites is 1. The molecule has 0 aliphatic heterocycles. The van der Waals surface area contributed by atoms with Crippen LogP contribution in [0.4, 0.5) is 11.4 Å². The first-order chi connectivity index (χ1) is 12.2. The molecule has 26 heavy (non-hydrogen) atoms. The van der Waals surface area contributed by atoms with E-state index in [1.165, 1.54) is 7.11 Å². The Balaban J connectivity index is 2.24. The summed E-state index contributed by atoms with van der Waals surface area (Å²) in [6.07, 6.45) is 0.127. The molecule has 0 aromatic heterocycles. The highest BCUT2D eigenvalue weighted by Gasteiger charge is 2.17. The lowest BCUT2D eigenvalue weighted by Crippen LogP contribution is -2.24. The number of halogens is 1. The molecule has 138 valence electrons. The number of methoxy groups -OCH3 is 1. The minimum atomic E-state index is -0.538. The molecule has 0 spiro atoms. The van der Waals surface area contributed by atoms with E-state index < -0.39 is 11.6 Å². The van der Waals surface area contributed by atoms with Crippen molar-refractivity contribution in [2.24, 2.45) is 0 Å². The van der Waals surface area contributed by atoms with Crippen LogP contribution in [-0.2, 0) is 20.7 Å². The van der Waals surface area contributed by atoms with Crippen LogP contribution in [0, 0.1) is 0 Å². The van der Waals surface area contributed by atoms with E-state index in [1.54, 1.807) is 42.5 Å². The smallest absolute Gasteiger partial charge is 0.339 e. The van der Waals surface area contributed by atoms with Gasteiger partial charge in [-0.3, -0.25) is 4.79 Å². The average molecular weight is 376 g/mol. The van der Waals surface area contributed by atoms with Crippen LogP contribution in [0.2, 0.25) is 5.02 Å². The first kappa shape index (κ1) is 19.8. The first-order valence-corrected chi connectivity index (χ1v) is 8.52. The van der Waals surface area contributed by atoms with Gasteiger partial charge in [-0.05, 0) is 50.6 Å². The van der Waals surface area contributed by atoms with Gasteiger partial charge in [0, 0.05) is 0 Å². The summed E-state index contributed by atoms with van der Waals surface area (Å²) in [5.74, 6) is -0.769. The molecular weight excluding hydrogens is 354 g/mol. The quantitative estimate of drug-likeness (QED) is 0.763. The summed E-state index contributed by atoms with van der Waals surface area (Å²) in [6, 6.07) is 12.2. The maximum Gasteiger partial charge on any atom is 0.339 e. The van der Waals surface area contributed by atoms with Crippen molar-refractivity contribution in [2.45, 2.75) is 32.8 Å². The fourth-order valence-electron chi connectivity index (χ4n) is 2.35. The number of rotatable bonds is 5. The standard InChI is InChI=1S/C20H22ClNO4/c1-20(2,3)26-18(23)12-13-9-10-15(21)17(11-13)22-16-8-6-5-7-14(16)19(24)25-4/h5-11,22H,12H2,1-4H3. The highest BCUT2D eigenvalue weighted by molar-refractivity contribution is 6.33. The van der Waals surface area contributed by atoms with Crippen molar-refractivity contribution in [1.82, 2.24) is 0 Å². The molecule has 0 bridgehead atoms.